The standard InChI is InChI=1S/C18H16F2N4O2S/c1-10-17(27-11(2)22-10)15-5-6-16(25)24(23-15)8-7-21-18(26)12-3-4-13(19)14(20)9-12/h3-6,9H,7-8H2,1-2H3,(H,21,26). The van der Waals surface area contributed by atoms with Crippen LogP contribution in [0.5, 0.6) is 0 Å². The van der Waals surface area contributed by atoms with E-state index in [2.05, 4.69) is 15.4 Å². The molecule has 0 aliphatic carbocycles. The number of carbonyl (C=O) groups excluding carboxylic acids is 1. The van der Waals surface area contributed by atoms with Crippen LogP contribution >= 0.6 is 11.3 Å². The Morgan fingerprint density at radius 3 is 2.63 bits per heavy atom. The average Bonchev–Trinajstić information content (AvgIpc) is 2.97. The van der Waals surface area contributed by atoms with Crippen LogP contribution in [0, 0.1) is 25.5 Å². The predicted molar refractivity (Wildman–Crippen MR) is 97.8 cm³/mol. The van der Waals surface area contributed by atoms with Gasteiger partial charge >= 0.3 is 0 Å². The summed E-state index contributed by atoms with van der Waals surface area (Å²) in [6.45, 7) is 4.01. The maximum absolute atomic E-state index is 13.2. The van der Waals surface area contributed by atoms with Crippen molar-refractivity contribution in [3.8, 4) is 10.6 Å². The summed E-state index contributed by atoms with van der Waals surface area (Å²) in [6.07, 6.45) is 0. The predicted octanol–water partition coefficient (Wildman–Crippen LogP) is 2.69. The number of thiazole rings is 1. The van der Waals surface area contributed by atoms with E-state index in [9.17, 15) is 18.4 Å². The maximum Gasteiger partial charge on any atom is 0.266 e. The molecule has 0 bridgehead atoms. The van der Waals surface area contributed by atoms with Gasteiger partial charge in [0.05, 0.1) is 22.1 Å². The summed E-state index contributed by atoms with van der Waals surface area (Å²) >= 11 is 1.49. The lowest BCUT2D eigenvalue weighted by molar-refractivity contribution is 0.0951. The molecule has 6 nitrogen and oxygen atoms in total. The van der Waals surface area contributed by atoms with Gasteiger partial charge in [0.2, 0.25) is 0 Å². The van der Waals surface area contributed by atoms with Crippen molar-refractivity contribution in [1.82, 2.24) is 20.1 Å². The topological polar surface area (TPSA) is 76.9 Å². The molecule has 3 aromatic rings. The number of hydrogen-bond donors (Lipinski definition) is 1. The molecule has 0 aliphatic rings. The molecule has 0 spiro atoms. The van der Waals surface area contributed by atoms with Crippen LogP contribution in [0.1, 0.15) is 21.1 Å². The minimum absolute atomic E-state index is 0.00119. The number of rotatable bonds is 5. The zero-order valence-corrected chi connectivity index (χ0v) is 15.4. The Labute approximate surface area is 157 Å². The fraction of sp³-hybridized carbons (Fsp3) is 0.222. The van der Waals surface area contributed by atoms with Gasteiger partial charge in [-0.15, -0.1) is 11.3 Å². The van der Waals surface area contributed by atoms with E-state index in [1.54, 1.807) is 6.07 Å². The molecule has 3 rings (SSSR count). The van der Waals surface area contributed by atoms with Gasteiger partial charge in [0.25, 0.3) is 11.5 Å². The van der Waals surface area contributed by atoms with E-state index in [1.807, 2.05) is 13.8 Å². The zero-order chi connectivity index (χ0) is 19.6. The van der Waals surface area contributed by atoms with Crippen molar-refractivity contribution in [2.75, 3.05) is 6.54 Å². The average molecular weight is 390 g/mol. The molecule has 1 amide bonds. The van der Waals surface area contributed by atoms with Crippen molar-refractivity contribution in [2.45, 2.75) is 20.4 Å². The van der Waals surface area contributed by atoms with Crippen LogP contribution in [-0.2, 0) is 6.54 Å². The third-order valence-electron chi connectivity index (χ3n) is 3.79. The third-order valence-corrected chi connectivity index (χ3v) is 4.89. The first-order valence-corrected chi connectivity index (χ1v) is 8.92. The number of carbonyl (C=O) groups is 1. The summed E-state index contributed by atoms with van der Waals surface area (Å²) < 4.78 is 27.4. The van der Waals surface area contributed by atoms with Crippen LogP contribution in [0.2, 0.25) is 0 Å². The van der Waals surface area contributed by atoms with Gasteiger partial charge in [-0.25, -0.2) is 18.4 Å². The van der Waals surface area contributed by atoms with Crippen LogP contribution in [-0.4, -0.2) is 27.2 Å². The van der Waals surface area contributed by atoms with Gasteiger partial charge in [-0.3, -0.25) is 9.59 Å². The minimum atomic E-state index is -1.09. The number of amides is 1. The number of halogens is 2. The first kappa shape index (κ1) is 18.8. The summed E-state index contributed by atoms with van der Waals surface area (Å²) in [5.41, 5.74) is 1.16. The molecule has 0 saturated heterocycles. The van der Waals surface area contributed by atoms with Crippen molar-refractivity contribution in [2.24, 2.45) is 0 Å². The van der Waals surface area contributed by atoms with Gasteiger partial charge in [0.1, 0.15) is 5.69 Å². The minimum Gasteiger partial charge on any atom is -0.350 e. The number of benzene rings is 1. The van der Waals surface area contributed by atoms with E-state index >= 15 is 0 Å². The molecule has 27 heavy (non-hydrogen) atoms. The lowest BCUT2D eigenvalue weighted by atomic mass is 10.2. The Bertz CT molecular complexity index is 1060. The van der Waals surface area contributed by atoms with Gasteiger partial charge in [0, 0.05) is 18.2 Å². The third kappa shape index (κ3) is 4.25. The normalized spacial score (nSPS) is 10.8. The molecule has 0 fully saturated rings. The number of aryl methyl sites for hydroxylation is 2. The molecule has 0 saturated carbocycles. The lowest BCUT2D eigenvalue weighted by Crippen LogP contribution is -2.32. The van der Waals surface area contributed by atoms with Gasteiger partial charge in [0.15, 0.2) is 11.6 Å². The van der Waals surface area contributed by atoms with Crippen LogP contribution in [0.25, 0.3) is 10.6 Å². The SMILES string of the molecule is Cc1nc(C)c(-c2ccc(=O)n(CCNC(=O)c3ccc(F)c(F)c3)n2)s1. The first-order valence-electron chi connectivity index (χ1n) is 8.11. The highest BCUT2D eigenvalue weighted by Crippen LogP contribution is 2.27. The lowest BCUT2D eigenvalue weighted by Gasteiger charge is -2.08. The van der Waals surface area contributed by atoms with Gasteiger partial charge < -0.3 is 5.32 Å². The second-order valence-electron chi connectivity index (χ2n) is 5.81. The smallest absolute Gasteiger partial charge is 0.266 e. The van der Waals surface area contributed by atoms with Crippen molar-refractivity contribution in [3.05, 3.63) is 68.6 Å². The maximum atomic E-state index is 13.2. The van der Waals surface area contributed by atoms with Crippen LogP contribution < -0.4 is 10.9 Å². The summed E-state index contributed by atoms with van der Waals surface area (Å²) in [5.74, 6) is -2.68. The molecule has 0 atom stereocenters. The van der Waals surface area contributed by atoms with Gasteiger partial charge in [-0.05, 0) is 38.1 Å². The first-order chi connectivity index (χ1) is 12.8. The quantitative estimate of drug-likeness (QED) is 0.727. The summed E-state index contributed by atoms with van der Waals surface area (Å²) in [7, 11) is 0. The Morgan fingerprint density at radius 1 is 1.19 bits per heavy atom. The molecule has 140 valence electrons. The number of hydrogen-bond acceptors (Lipinski definition) is 5. The Morgan fingerprint density at radius 2 is 1.96 bits per heavy atom. The number of nitrogens with zero attached hydrogens (tertiary/aromatic N) is 3. The highest BCUT2D eigenvalue weighted by atomic mass is 32.1. The molecule has 1 N–H and O–H groups in total. The summed E-state index contributed by atoms with van der Waals surface area (Å²) in [6, 6.07) is 5.95. The van der Waals surface area contributed by atoms with Gasteiger partial charge in [-0.1, -0.05) is 0 Å². The van der Waals surface area contributed by atoms with Crippen molar-refractivity contribution in [3.63, 3.8) is 0 Å². The molecule has 9 heteroatoms. The molecule has 1 aromatic carbocycles. The second kappa shape index (κ2) is 7.75. The second-order valence-corrected chi connectivity index (χ2v) is 7.02. The molecular formula is C18H16F2N4O2S. The van der Waals surface area contributed by atoms with Crippen LogP contribution in [0.15, 0.2) is 35.1 Å². The van der Waals surface area contributed by atoms with E-state index in [0.29, 0.717) is 5.69 Å². The number of aromatic nitrogens is 3. The molecule has 0 radical (unpaired) electrons. The van der Waals surface area contributed by atoms with E-state index in [4.69, 9.17) is 0 Å². The fourth-order valence-electron chi connectivity index (χ4n) is 2.51. The van der Waals surface area contributed by atoms with E-state index in [0.717, 1.165) is 27.7 Å². The summed E-state index contributed by atoms with van der Waals surface area (Å²) in [5, 5.41) is 7.79. The van der Waals surface area contributed by atoms with Crippen molar-refractivity contribution in [1.29, 1.82) is 0 Å². The Kier molecular flexibility index (Phi) is 5.41. The molecule has 0 unspecified atom stereocenters. The largest absolute Gasteiger partial charge is 0.350 e. The van der Waals surface area contributed by atoms with Crippen molar-refractivity contribution < 1.29 is 13.6 Å². The highest BCUT2D eigenvalue weighted by molar-refractivity contribution is 7.15. The zero-order valence-electron chi connectivity index (χ0n) is 14.6. The Balaban J connectivity index is 1.70. The number of nitrogens with one attached hydrogen (secondary N) is 1. The molecule has 2 heterocycles. The van der Waals surface area contributed by atoms with Crippen LogP contribution in [0.4, 0.5) is 8.78 Å². The fourth-order valence-corrected chi connectivity index (χ4v) is 3.40. The van der Waals surface area contributed by atoms with Gasteiger partial charge in [-0.2, -0.15) is 5.10 Å². The molecular weight excluding hydrogens is 374 g/mol. The van der Waals surface area contributed by atoms with E-state index < -0.39 is 17.5 Å². The summed E-state index contributed by atoms with van der Waals surface area (Å²) in [4.78, 5) is 29.2. The molecule has 2 aromatic heterocycles. The molecule has 0 aliphatic heterocycles. The monoisotopic (exact) mass is 390 g/mol. The van der Waals surface area contributed by atoms with Crippen molar-refractivity contribution >= 4 is 17.2 Å². The Hall–Kier alpha value is -2.94. The highest BCUT2D eigenvalue weighted by Gasteiger charge is 2.12. The van der Waals surface area contributed by atoms with Crippen LogP contribution in [0.3, 0.4) is 0 Å². The van der Waals surface area contributed by atoms with E-state index in [1.165, 1.54) is 28.2 Å². The van der Waals surface area contributed by atoms with E-state index in [-0.39, 0.29) is 24.2 Å².